The van der Waals surface area contributed by atoms with Crippen molar-refractivity contribution in [3.8, 4) is 5.75 Å². The summed E-state index contributed by atoms with van der Waals surface area (Å²) in [5.41, 5.74) is 1.06. The molecule has 0 amide bonds. The first-order valence-corrected chi connectivity index (χ1v) is 6.50. The lowest BCUT2D eigenvalue weighted by Crippen LogP contribution is -2.29. The number of hydrogen-bond donors (Lipinski definition) is 2. The van der Waals surface area contributed by atoms with E-state index in [-0.39, 0.29) is 0 Å². The van der Waals surface area contributed by atoms with Crippen molar-refractivity contribution in [1.82, 2.24) is 5.32 Å². The molecule has 2 rings (SSSR count). The minimum atomic E-state index is 0.430. The summed E-state index contributed by atoms with van der Waals surface area (Å²) in [5.74, 6) is 1.36. The third-order valence-corrected chi connectivity index (χ3v) is 4.17. The number of benzene rings is 1. The standard InChI is InChI=1S/C12H17NOS/c14-12-4-2-1-3-10(12)9-15-11-5-7-13-8-6-11/h1-4,11,13-14H,5-9H2. The van der Waals surface area contributed by atoms with Crippen molar-refractivity contribution < 1.29 is 5.11 Å². The van der Waals surface area contributed by atoms with Crippen LogP contribution in [0.15, 0.2) is 24.3 Å². The monoisotopic (exact) mass is 223 g/mol. The molecule has 1 aliphatic heterocycles. The second kappa shape index (κ2) is 5.42. The SMILES string of the molecule is Oc1ccccc1CSC1CCNCC1. The van der Waals surface area contributed by atoms with Crippen LogP contribution < -0.4 is 5.32 Å². The summed E-state index contributed by atoms with van der Waals surface area (Å²) in [7, 11) is 0. The van der Waals surface area contributed by atoms with Crippen molar-refractivity contribution in [2.75, 3.05) is 13.1 Å². The molecule has 1 heterocycles. The van der Waals surface area contributed by atoms with Crippen molar-refractivity contribution in [1.29, 1.82) is 0 Å². The van der Waals surface area contributed by atoms with Gasteiger partial charge < -0.3 is 10.4 Å². The van der Waals surface area contributed by atoms with Crippen molar-refractivity contribution in [3.05, 3.63) is 29.8 Å². The van der Waals surface area contributed by atoms with Crippen LogP contribution in [0.25, 0.3) is 0 Å². The average molecular weight is 223 g/mol. The zero-order chi connectivity index (χ0) is 10.5. The molecule has 1 fully saturated rings. The van der Waals surface area contributed by atoms with E-state index < -0.39 is 0 Å². The highest BCUT2D eigenvalue weighted by Crippen LogP contribution is 2.27. The van der Waals surface area contributed by atoms with Crippen molar-refractivity contribution in [2.24, 2.45) is 0 Å². The van der Waals surface area contributed by atoms with Crippen LogP contribution in [0.4, 0.5) is 0 Å². The van der Waals surface area contributed by atoms with Gasteiger partial charge in [-0.2, -0.15) is 11.8 Å². The lowest BCUT2D eigenvalue weighted by Gasteiger charge is -2.22. The number of aromatic hydroxyl groups is 1. The Hall–Kier alpha value is -0.670. The lowest BCUT2D eigenvalue weighted by atomic mass is 10.2. The first kappa shape index (κ1) is 10.8. The van der Waals surface area contributed by atoms with Crippen molar-refractivity contribution in [3.63, 3.8) is 0 Å². The summed E-state index contributed by atoms with van der Waals surface area (Å²) in [6.45, 7) is 2.27. The van der Waals surface area contributed by atoms with E-state index in [9.17, 15) is 5.11 Å². The first-order chi connectivity index (χ1) is 7.36. The molecule has 0 radical (unpaired) electrons. The molecule has 1 aromatic carbocycles. The van der Waals surface area contributed by atoms with Crippen LogP contribution in [0, 0.1) is 0 Å². The van der Waals surface area contributed by atoms with Gasteiger partial charge in [0, 0.05) is 16.6 Å². The molecule has 2 nitrogen and oxygen atoms in total. The Balaban J connectivity index is 1.84. The zero-order valence-electron chi connectivity index (χ0n) is 8.78. The summed E-state index contributed by atoms with van der Waals surface area (Å²) < 4.78 is 0. The number of thioether (sulfide) groups is 1. The van der Waals surface area contributed by atoms with E-state index in [4.69, 9.17) is 0 Å². The summed E-state index contributed by atoms with van der Waals surface area (Å²) in [6.07, 6.45) is 2.50. The molecule has 0 aromatic heterocycles. The fourth-order valence-electron chi connectivity index (χ4n) is 1.80. The van der Waals surface area contributed by atoms with Gasteiger partial charge in [-0.25, -0.2) is 0 Å². The molecule has 0 spiro atoms. The van der Waals surface area contributed by atoms with Gasteiger partial charge in [0.25, 0.3) is 0 Å². The van der Waals surface area contributed by atoms with Gasteiger partial charge in [-0.05, 0) is 32.0 Å². The topological polar surface area (TPSA) is 32.3 Å². The smallest absolute Gasteiger partial charge is 0.119 e. The third kappa shape index (κ3) is 3.14. The van der Waals surface area contributed by atoms with Crippen LogP contribution in [-0.4, -0.2) is 23.4 Å². The summed E-state index contributed by atoms with van der Waals surface area (Å²) in [4.78, 5) is 0. The van der Waals surface area contributed by atoms with Gasteiger partial charge in [-0.15, -0.1) is 0 Å². The van der Waals surface area contributed by atoms with E-state index in [1.165, 1.54) is 12.8 Å². The van der Waals surface area contributed by atoms with Gasteiger partial charge in [0.2, 0.25) is 0 Å². The number of phenolic OH excluding ortho intramolecular Hbond substituents is 1. The summed E-state index contributed by atoms with van der Waals surface area (Å²) in [5, 5.41) is 13.7. The molecule has 0 unspecified atom stereocenters. The number of phenols is 1. The summed E-state index contributed by atoms with van der Waals surface area (Å²) in [6, 6.07) is 7.62. The molecule has 15 heavy (non-hydrogen) atoms. The minimum absolute atomic E-state index is 0.430. The number of nitrogens with one attached hydrogen (secondary N) is 1. The van der Waals surface area contributed by atoms with Crippen molar-refractivity contribution >= 4 is 11.8 Å². The molecule has 2 N–H and O–H groups in total. The average Bonchev–Trinajstić information content (AvgIpc) is 2.29. The van der Waals surface area contributed by atoms with Gasteiger partial charge in [0.1, 0.15) is 5.75 Å². The molecule has 0 saturated carbocycles. The fourth-order valence-corrected chi connectivity index (χ4v) is 3.03. The summed E-state index contributed by atoms with van der Waals surface area (Å²) >= 11 is 1.96. The number of piperidine rings is 1. The zero-order valence-corrected chi connectivity index (χ0v) is 9.59. The van der Waals surface area contributed by atoms with E-state index in [1.807, 2.05) is 30.0 Å². The third-order valence-electron chi connectivity index (χ3n) is 2.75. The van der Waals surface area contributed by atoms with Crippen molar-refractivity contribution in [2.45, 2.75) is 23.8 Å². The van der Waals surface area contributed by atoms with Crippen LogP contribution in [-0.2, 0) is 5.75 Å². The molecule has 1 aromatic rings. The Bertz CT molecular complexity index is 310. The molecule has 1 saturated heterocycles. The molecule has 0 bridgehead atoms. The minimum Gasteiger partial charge on any atom is -0.508 e. The maximum Gasteiger partial charge on any atom is 0.119 e. The molecule has 82 valence electrons. The van der Waals surface area contributed by atoms with E-state index in [0.717, 1.165) is 29.7 Å². The second-order valence-electron chi connectivity index (χ2n) is 3.89. The predicted octanol–water partition coefficient (Wildman–Crippen LogP) is 2.38. The molecule has 3 heteroatoms. The molecule has 0 atom stereocenters. The highest BCUT2D eigenvalue weighted by molar-refractivity contribution is 7.99. The van der Waals surface area contributed by atoms with Gasteiger partial charge in [-0.3, -0.25) is 0 Å². The number of para-hydroxylation sites is 1. The largest absolute Gasteiger partial charge is 0.508 e. The molecular formula is C12H17NOS. The van der Waals surface area contributed by atoms with E-state index in [2.05, 4.69) is 5.32 Å². The second-order valence-corrected chi connectivity index (χ2v) is 5.18. The van der Waals surface area contributed by atoms with Gasteiger partial charge in [0.05, 0.1) is 0 Å². The van der Waals surface area contributed by atoms with E-state index in [0.29, 0.717) is 5.75 Å². The van der Waals surface area contributed by atoms with Crippen LogP contribution >= 0.6 is 11.8 Å². The van der Waals surface area contributed by atoms with Crippen LogP contribution in [0.2, 0.25) is 0 Å². The Morgan fingerprint density at radius 3 is 2.73 bits per heavy atom. The Kier molecular flexibility index (Phi) is 3.92. The maximum atomic E-state index is 9.61. The Morgan fingerprint density at radius 1 is 1.27 bits per heavy atom. The van der Waals surface area contributed by atoms with E-state index in [1.54, 1.807) is 6.07 Å². The quantitative estimate of drug-likeness (QED) is 0.825. The fraction of sp³-hybridized carbons (Fsp3) is 0.500. The Morgan fingerprint density at radius 2 is 2.00 bits per heavy atom. The Labute approximate surface area is 95.1 Å². The van der Waals surface area contributed by atoms with Gasteiger partial charge in [-0.1, -0.05) is 18.2 Å². The lowest BCUT2D eigenvalue weighted by molar-refractivity contribution is 0.470. The van der Waals surface area contributed by atoms with Crippen LogP contribution in [0.1, 0.15) is 18.4 Å². The number of rotatable bonds is 3. The number of hydrogen-bond acceptors (Lipinski definition) is 3. The van der Waals surface area contributed by atoms with Crippen LogP contribution in [0.3, 0.4) is 0 Å². The maximum absolute atomic E-state index is 9.61. The van der Waals surface area contributed by atoms with Gasteiger partial charge >= 0.3 is 0 Å². The van der Waals surface area contributed by atoms with Gasteiger partial charge in [0.15, 0.2) is 0 Å². The van der Waals surface area contributed by atoms with E-state index >= 15 is 0 Å². The predicted molar refractivity (Wildman–Crippen MR) is 65.3 cm³/mol. The molecule has 0 aliphatic carbocycles. The normalized spacial score (nSPS) is 17.9. The molecular weight excluding hydrogens is 206 g/mol. The molecule has 1 aliphatic rings. The highest BCUT2D eigenvalue weighted by Gasteiger charge is 2.13. The first-order valence-electron chi connectivity index (χ1n) is 5.45. The highest BCUT2D eigenvalue weighted by atomic mass is 32.2. The van der Waals surface area contributed by atoms with Crippen LogP contribution in [0.5, 0.6) is 5.75 Å².